The molecule has 1 aromatic heterocycles. The molecule has 1 N–H and O–H groups in total. The van der Waals surface area contributed by atoms with Gasteiger partial charge in [-0.25, -0.2) is 4.98 Å². The van der Waals surface area contributed by atoms with Crippen molar-refractivity contribution in [1.82, 2.24) is 15.2 Å². The smallest absolute Gasteiger partial charge is 0.279 e. The molecular formula is C20H21N3OS. The molecule has 2 saturated heterocycles. The Morgan fingerprint density at radius 1 is 1.16 bits per heavy atom. The summed E-state index contributed by atoms with van der Waals surface area (Å²) in [5, 5.41) is 4.26. The molecule has 0 radical (unpaired) electrons. The Morgan fingerprint density at radius 3 is 2.80 bits per heavy atom. The molecule has 0 saturated carbocycles. The van der Waals surface area contributed by atoms with Crippen LogP contribution in [0, 0.1) is 0 Å². The molecule has 5 heteroatoms. The van der Waals surface area contributed by atoms with Crippen molar-refractivity contribution in [1.29, 1.82) is 0 Å². The van der Waals surface area contributed by atoms with Gasteiger partial charge in [-0.2, -0.15) is 0 Å². The summed E-state index contributed by atoms with van der Waals surface area (Å²) in [6, 6.07) is 18.1. The van der Waals surface area contributed by atoms with E-state index in [0.717, 1.165) is 41.0 Å². The Bertz CT molecular complexity index is 843. The Hall–Kier alpha value is -1.95. The molecule has 2 bridgehead atoms. The second kappa shape index (κ2) is 6.41. The van der Waals surface area contributed by atoms with E-state index in [9.17, 15) is 0 Å². The van der Waals surface area contributed by atoms with Crippen LogP contribution in [0.5, 0.6) is 10.9 Å². The highest BCUT2D eigenvalue weighted by Gasteiger charge is 2.36. The molecule has 0 aliphatic carbocycles. The minimum atomic E-state index is 0.703. The molecule has 0 unspecified atom stereocenters. The van der Waals surface area contributed by atoms with Crippen molar-refractivity contribution in [2.45, 2.75) is 24.9 Å². The first-order valence-electron chi connectivity index (χ1n) is 8.93. The summed E-state index contributed by atoms with van der Waals surface area (Å²) < 4.78 is 7.08. The summed E-state index contributed by atoms with van der Waals surface area (Å²) in [6.07, 6.45) is 2.43. The number of fused-ring (bicyclic) bond motifs is 3. The van der Waals surface area contributed by atoms with Crippen LogP contribution in [0.3, 0.4) is 0 Å². The van der Waals surface area contributed by atoms with E-state index < -0.39 is 0 Å². The number of piperazine rings is 1. The third-order valence-corrected chi connectivity index (χ3v) is 6.17. The first kappa shape index (κ1) is 15.3. The summed E-state index contributed by atoms with van der Waals surface area (Å²) in [7, 11) is 0. The van der Waals surface area contributed by atoms with E-state index in [2.05, 4.69) is 45.5 Å². The van der Waals surface area contributed by atoms with E-state index in [4.69, 9.17) is 4.74 Å². The number of thiazole rings is 1. The number of para-hydroxylation sites is 1. The largest absolute Gasteiger partial charge is 0.431 e. The lowest BCUT2D eigenvalue weighted by molar-refractivity contribution is 0.229. The summed E-state index contributed by atoms with van der Waals surface area (Å²) in [5.41, 5.74) is 2.36. The van der Waals surface area contributed by atoms with E-state index in [-0.39, 0.29) is 0 Å². The Kier molecular flexibility index (Phi) is 3.93. The molecule has 0 amide bonds. The number of ether oxygens (including phenoxy) is 1. The van der Waals surface area contributed by atoms with Crippen LogP contribution < -0.4 is 10.1 Å². The van der Waals surface area contributed by atoms with Gasteiger partial charge in [0.2, 0.25) is 0 Å². The molecule has 2 fully saturated rings. The van der Waals surface area contributed by atoms with Crippen molar-refractivity contribution in [3.8, 4) is 10.9 Å². The number of hydrogen-bond acceptors (Lipinski definition) is 5. The molecule has 2 aliphatic rings. The van der Waals surface area contributed by atoms with Gasteiger partial charge in [0.05, 0.1) is 10.2 Å². The van der Waals surface area contributed by atoms with Gasteiger partial charge in [0.15, 0.2) is 0 Å². The van der Waals surface area contributed by atoms with Gasteiger partial charge in [-0.15, -0.1) is 0 Å². The number of benzene rings is 2. The number of hydrogen-bond donors (Lipinski definition) is 1. The van der Waals surface area contributed by atoms with Crippen molar-refractivity contribution in [2.75, 3.05) is 19.6 Å². The first-order chi connectivity index (χ1) is 12.3. The van der Waals surface area contributed by atoms with Crippen LogP contribution in [0.25, 0.3) is 10.2 Å². The molecule has 3 aromatic rings. The molecule has 2 aromatic carbocycles. The number of aromatic nitrogens is 1. The Morgan fingerprint density at radius 2 is 2.04 bits per heavy atom. The zero-order valence-electron chi connectivity index (χ0n) is 14.0. The lowest BCUT2D eigenvalue weighted by Crippen LogP contribution is -2.44. The summed E-state index contributed by atoms with van der Waals surface area (Å²) >= 11 is 1.58. The standard InChI is InChI=1S/C20H21N3OS/c1-2-4-19-18(3-1)22-20(25-19)24-17-7-5-14(6-8-17)9-10-23-13-15-11-16(23)12-21-15/h1-8,15-16,21H,9-13H2/t15-,16+/m0/s1. The predicted octanol–water partition coefficient (Wildman–Crippen LogP) is 3.68. The SMILES string of the molecule is c1ccc2sc(Oc3ccc(CCN4C[C@@H]5C[C@@H]4CN5)cc3)nc2c1. The average molecular weight is 351 g/mol. The molecule has 5 rings (SSSR count). The quantitative estimate of drug-likeness (QED) is 0.761. The molecule has 2 aliphatic heterocycles. The fourth-order valence-electron chi connectivity index (χ4n) is 3.91. The van der Waals surface area contributed by atoms with Crippen LogP contribution in [0.15, 0.2) is 48.5 Å². The van der Waals surface area contributed by atoms with E-state index in [0.29, 0.717) is 5.19 Å². The van der Waals surface area contributed by atoms with Crippen molar-refractivity contribution in [3.63, 3.8) is 0 Å². The van der Waals surface area contributed by atoms with Gasteiger partial charge in [0.1, 0.15) is 5.75 Å². The lowest BCUT2D eigenvalue weighted by Gasteiger charge is -2.27. The zero-order valence-corrected chi connectivity index (χ0v) is 14.8. The number of rotatable bonds is 5. The highest BCUT2D eigenvalue weighted by molar-refractivity contribution is 7.20. The van der Waals surface area contributed by atoms with E-state index in [1.54, 1.807) is 11.3 Å². The third kappa shape index (κ3) is 3.15. The van der Waals surface area contributed by atoms with E-state index in [1.165, 1.54) is 25.1 Å². The summed E-state index contributed by atoms with van der Waals surface area (Å²) in [6.45, 7) is 3.53. The van der Waals surface area contributed by atoms with Crippen LogP contribution in [0.2, 0.25) is 0 Å². The molecule has 4 nitrogen and oxygen atoms in total. The normalized spacial score (nSPS) is 22.7. The third-order valence-electron chi connectivity index (χ3n) is 5.26. The summed E-state index contributed by atoms with van der Waals surface area (Å²) in [5.74, 6) is 0.854. The van der Waals surface area contributed by atoms with Gasteiger partial charge in [-0.1, -0.05) is 35.6 Å². The van der Waals surface area contributed by atoms with Crippen LogP contribution in [-0.4, -0.2) is 41.6 Å². The molecule has 25 heavy (non-hydrogen) atoms. The zero-order chi connectivity index (χ0) is 16.6. The van der Waals surface area contributed by atoms with Gasteiger partial charge in [-0.05, 0) is 42.7 Å². The fourth-order valence-corrected chi connectivity index (χ4v) is 4.75. The number of likely N-dealkylation sites (tertiary alicyclic amines) is 1. The maximum absolute atomic E-state index is 5.93. The van der Waals surface area contributed by atoms with Crippen LogP contribution >= 0.6 is 11.3 Å². The lowest BCUT2D eigenvalue weighted by atomic mass is 10.1. The molecule has 3 heterocycles. The van der Waals surface area contributed by atoms with Gasteiger partial charge < -0.3 is 10.1 Å². The predicted molar refractivity (Wildman–Crippen MR) is 102 cm³/mol. The number of nitrogens with zero attached hydrogens (tertiary/aromatic N) is 2. The monoisotopic (exact) mass is 351 g/mol. The maximum atomic E-state index is 5.93. The molecule has 0 spiro atoms. The molecule has 128 valence electrons. The van der Waals surface area contributed by atoms with Crippen LogP contribution in [-0.2, 0) is 6.42 Å². The van der Waals surface area contributed by atoms with Crippen LogP contribution in [0.1, 0.15) is 12.0 Å². The average Bonchev–Trinajstić information content (AvgIpc) is 3.35. The van der Waals surface area contributed by atoms with Crippen molar-refractivity contribution >= 4 is 21.6 Å². The van der Waals surface area contributed by atoms with E-state index in [1.807, 2.05) is 18.2 Å². The van der Waals surface area contributed by atoms with E-state index >= 15 is 0 Å². The highest BCUT2D eigenvalue weighted by atomic mass is 32.1. The van der Waals surface area contributed by atoms with Crippen molar-refractivity contribution in [3.05, 3.63) is 54.1 Å². The van der Waals surface area contributed by atoms with Crippen LogP contribution in [0.4, 0.5) is 0 Å². The maximum Gasteiger partial charge on any atom is 0.279 e. The number of nitrogens with one attached hydrogen (secondary N) is 1. The minimum Gasteiger partial charge on any atom is -0.431 e. The van der Waals surface area contributed by atoms with Gasteiger partial charge >= 0.3 is 0 Å². The summed E-state index contributed by atoms with van der Waals surface area (Å²) in [4.78, 5) is 7.16. The second-order valence-electron chi connectivity index (χ2n) is 6.93. The fraction of sp³-hybridized carbons (Fsp3) is 0.350. The first-order valence-corrected chi connectivity index (χ1v) is 9.75. The van der Waals surface area contributed by atoms with Gasteiger partial charge in [0, 0.05) is 31.7 Å². The van der Waals surface area contributed by atoms with Gasteiger partial charge in [-0.3, -0.25) is 4.90 Å². The van der Waals surface area contributed by atoms with Crippen molar-refractivity contribution in [2.24, 2.45) is 0 Å². The van der Waals surface area contributed by atoms with Gasteiger partial charge in [0.25, 0.3) is 5.19 Å². The highest BCUT2D eigenvalue weighted by Crippen LogP contribution is 2.31. The Balaban J connectivity index is 1.21. The Labute approximate surface area is 151 Å². The molecule has 2 atom stereocenters. The minimum absolute atomic E-state index is 0.703. The van der Waals surface area contributed by atoms with Crippen molar-refractivity contribution < 1.29 is 4.74 Å². The topological polar surface area (TPSA) is 37.4 Å². The second-order valence-corrected chi connectivity index (χ2v) is 7.93. The molecular weight excluding hydrogens is 330 g/mol.